The lowest BCUT2D eigenvalue weighted by Gasteiger charge is -2.25. The molecule has 0 aromatic heterocycles. The number of benzene rings is 3. The zero-order chi connectivity index (χ0) is 39.0. The summed E-state index contributed by atoms with van der Waals surface area (Å²) >= 11 is 0. The van der Waals surface area contributed by atoms with Crippen LogP contribution in [-0.2, 0) is 43.2 Å². The van der Waals surface area contributed by atoms with Crippen molar-refractivity contribution in [1.82, 2.24) is 0 Å². The van der Waals surface area contributed by atoms with Crippen LogP contribution in [0.3, 0.4) is 0 Å². The second-order valence-electron chi connectivity index (χ2n) is 9.52. The van der Waals surface area contributed by atoms with Crippen molar-refractivity contribution in [2.45, 2.75) is 43.2 Å². The van der Waals surface area contributed by atoms with Crippen LogP contribution in [0.15, 0.2) is 30.3 Å². The summed E-state index contributed by atoms with van der Waals surface area (Å²) < 4.78 is 294. The number of ether oxygens (including phenoxy) is 2. The third kappa shape index (κ3) is 8.05. The van der Waals surface area contributed by atoms with Crippen LogP contribution in [0.2, 0.25) is 0 Å². The first-order valence-corrected chi connectivity index (χ1v) is 12.0. The fourth-order valence-electron chi connectivity index (χ4n) is 4.29. The number of anilines is 2. The van der Waals surface area contributed by atoms with Crippen LogP contribution in [0.25, 0.3) is 0 Å². The first-order valence-electron chi connectivity index (χ1n) is 12.0. The van der Waals surface area contributed by atoms with Crippen molar-refractivity contribution in [3.05, 3.63) is 69.3 Å². The lowest BCUT2D eigenvalue weighted by molar-refractivity contribution is -0.163. The Balaban J connectivity index is 2.34. The minimum Gasteiger partial charge on any atom is -0.457 e. The van der Waals surface area contributed by atoms with Crippen LogP contribution in [0, 0.1) is 0 Å². The second-order valence-corrected chi connectivity index (χ2v) is 9.52. The van der Waals surface area contributed by atoms with E-state index in [0.29, 0.717) is 0 Å². The van der Waals surface area contributed by atoms with E-state index in [9.17, 15) is 92.2 Å². The maximum atomic E-state index is 13.9. The highest BCUT2D eigenvalue weighted by Crippen LogP contribution is 2.54. The number of hydrogen-bond acceptors (Lipinski definition) is 4. The van der Waals surface area contributed by atoms with Crippen LogP contribution in [-0.4, -0.2) is 0 Å². The standard InChI is InChI=1S/C25H9F21N2O2/c26-19(27,28)7-3-6(49-11-4-8(20(29,30)31)13(22(35,36)37)17(47)15(11)24(41,42)43)1-2-10(7)50-12-5-9(21(32,33)34)14(23(38,39)40)18(48)16(12)25(44,45)46/h1-5H,47-48H2. The van der Waals surface area contributed by atoms with Crippen LogP contribution < -0.4 is 20.9 Å². The van der Waals surface area contributed by atoms with E-state index in [1.807, 2.05) is 0 Å². The highest BCUT2D eigenvalue weighted by Gasteiger charge is 2.52. The smallest absolute Gasteiger partial charge is 0.421 e. The van der Waals surface area contributed by atoms with Crippen molar-refractivity contribution in [3.8, 4) is 23.0 Å². The van der Waals surface area contributed by atoms with Gasteiger partial charge in [0.05, 0.1) is 33.6 Å². The predicted molar refractivity (Wildman–Crippen MR) is 123 cm³/mol. The predicted octanol–water partition coefficient (Wildman–Crippen LogP) is 11.6. The van der Waals surface area contributed by atoms with Crippen LogP contribution in [0.5, 0.6) is 23.0 Å². The monoisotopic (exact) mass is 768 g/mol. The molecule has 0 amide bonds. The Kier molecular flexibility index (Phi) is 9.57. The molecule has 3 aromatic rings. The third-order valence-electron chi connectivity index (χ3n) is 6.11. The summed E-state index contributed by atoms with van der Waals surface area (Å²) in [6, 6.07) is -2.73. The number of rotatable bonds is 4. The number of nitrogen functional groups attached to an aromatic ring is 2. The minimum absolute atomic E-state index is 0.0305. The molecule has 278 valence electrons. The number of nitrogens with two attached hydrogens (primary N) is 2. The summed E-state index contributed by atoms with van der Waals surface area (Å²) in [7, 11) is 0. The lowest BCUT2D eigenvalue weighted by Crippen LogP contribution is -2.23. The Labute approximate surface area is 260 Å². The van der Waals surface area contributed by atoms with Crippen LogP contribution in [0.4, 0.5) is 104 Å². The summed E-state index contributed by atoms with van der Waals surface area (Å²) in [4.78, 5) is 0. The Hall–Kier alpha value is -4.61. The number of hydrogen-bond donors (Lipinski definition) is 2. The van der Waals surface area contributed by atoms with Gasteiger partial charge in [-0.25, -0.2) is 0 Å². The van der Waals surface area contributed by atoms with Crippen molar-refractivity contribution in [2.75, 3.05) is 11.5 Å². The van der Waals surface area contributed by atoms with Gasteiger partial charge in [0.15, 0.2) is 0 Å². The van der Waals surface area contributed by atoms with E-state index in [1.165, 1.54) is 0 Å². The molecule has 0 aliphatic carbocycles. The molecule has 3 rings (SSSR count). The summed E-state index contributed by atoms with van der Waals surface area (Å²) in [6.45, 7) is 0. The summed E-state index contributed by atoms with van der Waals surface area (Å²) in [5.41, 5.74) is -16.0. The van der Waals surface area contributed by atoms with Gasteiger partial charge in [0.25, 0.3) is 0 Å². The molecule has 0 atom stereocenters. The van der Waals surface area contributed by atoms with Gasteiger partial charge in [-0.15, -0.1) is 0 Å². The molecular formula is C25H9F21N2O2. The van der Waals surface area contributed by atoms with Gasteiger partial charge < -0.3 is 20.9 Å². The van der Waals surface area contributed by atoms with Gasteiger partial charge >= 0.3 is 43.2 Å². The van der Waals surface area contributed by atoms with Crippen molar-refractivity contribution in [2.24, 2.45) is 0 Å². The average Bonchev–Trinajstić information content (AvgIpc) is 2.84. The minimum atomic E-state index is -6.24. The van der Waals surface area contributed by atoms with E-state index in [-0.39, 0.29) is 12.1 Å². The van der Waals surface area contributed by atoms with Gasteiger partial charge in [-0.2, -0.15) is 92.2 Å². The quantitative estimate of drug-likeness (QED) is 0.205. The number of alkyl halides is 21. The molecule has 4 nitrogen and oxygen atoms in total. The molecule has 0 radical (unpaired) electrons. The molecule has 0 heterocycles. The Bertz CT molecular complexity index is 1770. The Morgan fingerprint density at radius 2 is 0.660 bits per heavy atom. The first-order chi connectivity index (χ1) is 22.1. The fraction of sp³-hybridized carbons (Fsp3) is 0.280. The van der Waals surface area contributed by atoms with Gasteiger partial charge in [0.1, 0.15) is 39.7 Å². The summed E-state index contributed by atoms with van der Waals surface area (Å²) in [5, 5.41) is 0. The SMILES string of the molecule is Nc1c(C(F)(F)F)c(Oc2ccc(Oc3cc(C(F)(F)F)c(C(F)(F)F)c(N)c3C(F)(F)F)c(C(F)(F)F)c2)cc(C(F)(F)F)c1C(F)(F)F. The molecule has 25 heteroatoms. The van der Waals surface area contributed by atoms with E-state index < -0.39 is 135 Å². The largest absolute Gasteiger partial charge is 0.457 e. The second kappa shape index (κ2) is 12.0. The van der Waals surface area contributed by atoms with Crippen molar-refractivity contribution in [3.63, 3.8) is 0 Å². The zero-order valence-corrected chi connectivity index (χ0v) is 22.8. The van der Waals surface area contributed by atoms with Crippen LogP contribution in [0.1, 0.15) is 38.9 Å². The summed E-state index contributed by atoms with van der Waals surface area (Å²) in [6.07, 6.45) is -43.0. The summed E-state index contributed by atoms with van der Waals surface area (Å²) in [5.74, 6) is -8.40. The highest BCUT2D eigenvalue weighted by molar-refractivity contribution is 5.68. The third-order valence-corrected chi connectivity index (χ3v) is 6.11. The van der Waals surface area contributed by atoms with Gasteiger partial charge in [-0.1, -0.05) is 0 Å². The van der Waals surface area contributed by atoms with E-state index in [0.717, 1.165) is 0 Å². The molecule has 0 fully saturated rings. The van der Waals surface area contributed by atoms with Gasteiger partial charge in [0, 0.05) is 0 Å². The Morgan fingerprint density at radius 1 is 0.340 bits per heavy atom. The topological polar surface area (TPSA) is 70.5 Å². The maximum Gasteiger partial charge on any atom is 0.421 e. The molecule has 0 bridgehead atoms. The Morgan fingerprint density at radius 3 is 0.960 bits per heavy atom. The lowest BCUT2D eigenvalue weighted by atomic mass is 9.98. The maximum absolute atomic E-state index is 13.9. The molecule has 0 saturated carbocycles. The molecule has 50 heavy (non-hydrogen) atoms. The molecule has 0 saturated heterocycles. The van der Waals surface area contributed by atoms with Crippen molar-refractivity contribution in [1.29, 1.82) is 0 Å². The molecule has 0 aliphatic heterocycles. The number of halogens is 21. The van der Waals surface area contributed by atoms with Crippen molar-refractivity contribution < 1.29 is 102 Å². The van der Waals surface area contributed by atoms with Gasteiger partial charge in [-0.05, 0) is 30.3 Å². The first kappa shape index (κ1) is 39.8. The van der Waals surface area contributed by atoms with Gasteiger partial charge in [0.2, 0.25) is 0 Å². The molecule has 4 N–H and O–H groups in total. The van der Waals surface area contributed by atoms with E-state index in [1.54, 1.807) is 0 Å². The average molecular weight is 768 g/mol. The normalized spacial score (nSPS) is 13.9. The van der Waals surface area contributed by atoms with Crippen LogP contribution >= 0.6 is 0 Å². The molecule has 0 spiro atoms. The molecular weight excluding hydrogens is 759 g/mol. The molecule has 0 unspecified atom stereocenters. The van der Waals surface area contributed by atoms with Crippen molar-refractivity contribution >= 4 is 11.4 Å². The zero-order valence-electron chi connectivity index (χ0n) is 22.8. The molecule has 0 aliphatic rings. The van der Waals surface area contributed by atoms with E-state index in [4.69, 9.17) is 11.5 Å². The fourth-order valence-corrected chi connectivity index (χ4v) is 4.29. The highest BCUT2D eigenvalue weighted by atomic mass is 19.4. The van der Waals surface area contributed by atoms with Gasteiger partial charge in [-0.3, -0.25) is 0 Å². The molecule has 3 aromatic carbocycles. The van der Waals surface area contributed by atoms with E-state index in [2.05, 4.69) is 9.47 Å². The van der Waals surface area contributed by atoms with E-state index >= 15 is 0 Å².